The number of hydrogen-bond acceptors (Lipinski definition) is 4. The Kier molecular flexibility index (Phi) is 4.03. The van der Waals surface area contributed by atoms with E-state index in [9.17, 15) is 8.42 Å². The van der Waals surface area contributed by atoms with E-state index in [1.807, 2.05) is 0 Å². The number of benzene rings is 1. The molecule has 114 valence electrons. The van der Waals surface area contributed by atoms with Gasteiger partial charge in [0.2, 0.25) is 10.0 Å². The van der Waals surface area contributed by atoms with Gasteiger partial charge in [-0.3, -0.25) is 0 Å². The number of nitrogens with one attached hydrogen (secondary N) is 2. The number of rotatable bonds is 6. The molecule has 2 aromatic heterocycles. The lowest BCUT2D eigenvalue weighted by molar-refractivity contribution is 0.385. The van der Waals surface area contributed by atoms with Crippen LogP contribution in [0.15, 0.2) is 60.0 Å². The van der Waals surface area contributed by atoms with Crippen LogP contribution < -0.4 is 0 Å². The summed E-state index contributed by atoms with van der Waals surface area (Å²) >= 11 is 0. The summed E-state index contributed by atoms with van der Waals surface area (Å²) in [5.74, 6) is 1.15. The zero-order chi connectivity index (χ0) is 15.4. The van der Waals surface area contributed by atoms with Crippen molar-refractivity contribution in [1.29, 1.82) is 0 Å². The van der Waals surface area contributed by atoms with E-state index in [1.165, 1.54) is 4.31 Å². The van der Waals surface area contributed by atoms with E-state index in [0.29, 0.717) is 11.6 Å². The average molecular weight is 317 g/mol. The molecule has 3 rings (SSSR count). The van der Waals surface area contributed by atoms with Gasteiger partial charge in [-0.1, -0.05) is 18.2 Å². The molecule has 0 aliphatic rings. The molecule has 0 saturated carbocycles. The van der Waals surface area contributed by atoms with Gasteiger partial charge in [0.1, 0.15) is 11.6 Å². The molecule has 2 heterocycles. The Morgan fingerprint density at radius 1 is 0.909 bits per heavy atom. The Balaban J connectivity index is 1.93. The Hall–Kier alpha value is -2.45. The number of imidazole rings is 2. The Labute approximate surface area is 128 Å². The highest BCUT2D eigenvalue weighted by atomic mass is 32.2. The molecule has 0 saturated heterocycles. The highest BCUT2D eigenvalue weighted by molar-refractivity contribution is 7.89. The van der Waals surface area contributed by atoms with Gasteiger partial charge in [-0.2, -0.15) is 4.31 Å². The minimum absolute atomic E-state index is 0.144. The molecular weight excluding hydrogens is 302 g/mol. The van der Waals surface area contributed by atoms with Crippen molar-refractivity contribution in [2.75, 3.05) is 0 Å². The molecule has 0 radical (unpaired) electrons. The van der Waals surface area contributed by atoms with E-state index in [-0.39, 0.29) is 18.0 Å². The van der Waals surface area contributed by atoms with Gasteiger partial charge in [-0.15, -0.1) is 0 Å². The van der Waals surface area contributed by atoms with Gasteiger partial charge in [0.05, 0.1) is 18.0 Å². The Morgan fingerprint density at radius 3 is 1.91 bits per heavy atom. The lowest BCUT2D eigenvalue weighted by Gasteiger charge is -2.20. The van der Waals surface area contributed by atoms with Crippen LogP contribution in [0.3, 0.4) is 0 Å². The zero-order valence-electron chi connectivity index (χ0n) is 11.7. The van der Waals surface area contributed by atoms with Crippen LogP contribution in [0.5, 0.6) is 0 Å². The molecule has 2 N–H and O–H groups in total. The first-order chi connectivity index (χ1) is 10.7. The first kappa shape index (κ1) is 14.5. The van der Waals surface area contributed by atoms with Crippen LogP contribution in [0.2, 0.25) is 0 Å². The second kappa shape index (κ2) is 6.12. The molecule has 0 unspecified atom stereocenters. The summed E-state index contributed by atoms with van der Waals surface area (Å²) < 4.78 is 27.0. The van der Waals surface area contributed by atoms with Gasteiger partial charge in [0.25, 0.3) is 0 Å². The molecule has 0 fully saturated rings. The van der Waals surface area contributed by atoms with Crippen molar-refractivity contribution < 1.29 is 8.42 Å². The third-order valence-electron chi connectivity index (χ3n) is 3.14. The van der Waals surface area contributed by atoms with Crippen LogP contribution >= 0.6 is 0 Å². The third kappa shape index (κ3) is 3.07. The number of hydrogen-bond donors (Lipinski definition) is 2. The van der Waals surface area contributed by atoms with Crippen LogP contribution in [-0.4, -0.2) is 32.7 Å². The number of aromatic nitrogens is 4. The third-order valence-corrected chi connectivity index (χ3v) is 4.95. The van der Waals surface area contributed by atoms with Crippen molar-refractivity contribution in [2.24, 2.45) is 0 Å². The van der Waals surface area contributed by atoms with Gasteiger partial charge in [0, 0.05) is 24.8 Å². The van der Waals surface area contributed by atoms with Crippen molar-refractivity contribution in [3.05, 3.63) is 66.8 Å². The molecule has 0 aliphatic heterocycles. The van der Waals surface area contributed by atoms with E-state index in [1.54, 1.807) is 55.1 Å². The smallest absolute Gasteiger partial charge is 0.243 e. The van der Waals surface area contributed by atoms with Crippen LogP contribution in [0, 0.1) is 0 Å². The van der Waals surface area contributed by atoms with Crippen molar-refractivity contribution in [1.82, 2.24) is 24.2 Å². The van der Waals surface area contributed by atoms with E-state index in [2.05, 4.69) is 19.9 Å². The first-order valence-corrected chi connectivity index (χ1v) is 8.12. The predicted molar refractivity (Wildman–Crippen MR) is 80.1 cm³/mol. The molecule has 0 amide bonds. The second-order valence-electron chi connectivity index (χ2n) is 4.66. The van der Waals surface area contributed by atoms with Crippen molar-refractivity contribution in [2.45, 2.75) is 18.0 Å². The van der Waals surface area contributed by atoms with Crippen LogP contribution in [0.25, 0.3) is 0 Å². The summed E-state index contributed by atoms with van der Waals surface area (Å²) in [7, 11) is -3.64. The predicted octanol–water partition coefficient (Wildman–Crippen LogP) is 1.52. The number of H-pyrrole nitrogens is 2. The summed E-state index contributed by atoms with van der Waals surface area (Å²) in [6, 6.07) is 8.33. The van der Waals surface area contributed by atoms with Crippen LogP contribution in [0.4, 0.5) is 0 Å². The molecule has 7 nitrogen and oxygen atoms in total. The molecule has 8 heteroatoms. The van der Waals surface area contributed by atoms with Crippen LogP contribution in [0.1, 0.15) is 11.6 Å². The molecule has 22 heavy (non-hydrogen) atoms. The average Bonchev–Trinajstić information content (AvgIpc) is 3.21. The van der Waals surface area contributed by atoms with E-state index in [4.69, 9.17) is 0 Å². The maximum atomic E-state index is 12.8. The second-order valence-corrected chi connectivity index (χ2v) is 6.60. The van der Waals surface area contributed by atoms with Gasteiger partial charge >= 0.3 is 0 Å². The highest BCUT2D eigenvalue weighted by Gasteiger charge is 2.26. The fraction of sp³-hybridized carbons (Fsp3) is 0.143. The molecule has 0 bridgehead atoms. The number of nitrogens with zero attached hydrogens (tertiary/aromatic N) is 3. The standard InChI is InChI=1S/C14H15N5O2S/c20-22(21,12-4-2-1-3-5-12)19(10-13-15-6-7-16-13)11-14-17-8-9-18-14/h1-9H,10-11H2,(H,15,16)(H,17,18). The van der Waals surface area contributed by atoms with Crippen molar-refractivity contribution in [3.8, 4) is 0 Å². The SMILES string of the molecule is O=S(=O)(c1ccccc1)N(Cc1ncc[nH]1)Cc1ncc[nH]1. The Bertz CT molecular complexity index is 762. The normalized spacial score (nSPS) is 11.9. The van der Waals surface area contributed by atoms with E-state index < -0.39 is 10.0 Å². The minimum Gasteiger partial charge on any atom is -0.347 e. The highest BCUT2D eigenvalue weighted by Crippen LogP contribution is 2.18. The fourth-order valence-electron chi connectivity index (χ4n) is 2.07. The molecular formula is C14H15N5O2S. The zero-order valence-corrected chi connectivity index (χ0v) is 12.5. The van der Waals surface area contributed by atoms with Gasteiger partial charge in [-0.05, 0) is 12.1 Å². The summed E-state index contributed by atoms with van der Waals surface area (Å²) in [6.07, 6.45) is 6.51. The lowest BCUT2D eigenvalue weighted by atomic mass is 10.4. The number of aromatic amines is 2. The minimum atomic E-state index is -3.64. The van der Waals surface area contributed by atoms with E-state index in [0.717, 1.165) is 0 Å². The fourth-order valence-corrected chi connectivity index (χ4v) is 3.45. The largest absolute Gasteiger partial charge is 0.347 e. The molecule has 0 aliphatic carbocycles. The molecule has 0 atom stereocenters. The van der Waals surface area contributed by atoms with Crippen molar-refractivity contribution in [3.63, 3.8) is 0 Å². The maximum Gasteiger partial charge on any atom is 0.243 e. The summed E-state index contributed by atoms with van der Waals surface area (Å²) in [5.41, 5.74) is 0. The van der Waals surface area contributed by atoms with E-state index >= 15 is 0 Å². The molecule has 1 aromatic carbocycles. The maximum absolute atomic E-state index is 12.8. The van der Waals surface area contributed by atoms with Gasteiger partial charge < -0.3 is 9.97 Å². The monoisotopic (exact) mass is 317 g/mol. The quantitative estimate of drug-likeness (QED) is 0.720. The number of sulfonamides is 1. The Morgan fingerprint density at radius 2 is 1.45 bits per heavy atom. The van der Waals surface area contributed by atoms with Crippen molar-refractivity contribution >= 4 is 10.0 Å². The summed E-state index contributed by atoms with van der Waals surface area (Å²) in [4.78, 5) is 14.3. The van der Waals surface area contributed by atoms with Gasteiger partial charge in [-0.25, -0.2) is 18.4 Å². The lowest BCUT2D eigenvalue weighted by Crippen LogP contribution is -2.31. The summed E-state index contributed by atoms with van der Waals surface area (Å²) in [5, 5.41) is 0. The van der Waals surface area contributed by atoms with Crippen LogP contribution in [-0.2, 0) is 23.1 Å². The molecule has 0 spiro atoms. The molecule has 3 aromatic rings. The topological polar surface area (TPSA) is 94.7 Å². The summed E-state index contributed by atoms with van der Waals surface area (Å²) in [6.45, 7) is 0.288. The van der Waals surface area contributed by atoms with Gasteiger partial charge in [0.15, 0.2) is 0 Å². The first-order valence-electron chi connectivity index (χ1n) is 6.68.